The molecule has 0 fully saturated rings. The van der Waals surface area contributed by atoms with E-state index in [-0.39, 0.29) is 0 Å². The summed E-state index contributed by atoms with van der Waals surface area (Å²) in [6.07, 6.45) is 4.51. The average molecular weight is 542 g/mol. The summed E-state index contributed by atoms with van der Waals surface area (Å²) in [6.45, 7) is 5.17. The quantitative estimate of drug-likeness (QED) is 0.264. The monoisotopic (exact) mass is 541 g/mol. The fourth-order valence-corrected chi connectivity index (χ4v) is 13.8. The normalized spacial score (nSPS) is 17.9. The van der Waals surface area contributed by atoms with Crippen LogP contribution in [0.15, 0.2) is 106 Å². The van der Waals surface area contributed by atoms with Gasteiger partial charge in [0.05, 0.1) is 11.4 Å². The van der Waals surface area contributed by atoms with Gasteiger partial charge in [-0.05, 0) is 49.6 Å². The van der Waals surface area contributed by atoms with Gasteiger partial charge in [0.25, 0.3) is 0 Å². The van der Waals surface area contributed by atoms with Crippen molar-refractivity contribution >= 4 is 64.7 Å². The molecule has 0 radical (unpaired) electrons. The molecule has 8 rings (SSSR count). The van der Waals surface area contributed by atoms with Crippen LogP contribution in [0.2, 0.25) is 12.1 Å². The summed E-state index contributed by atoms with van der Waals surface area (Å²) in [5, 5.41) is 3.33. The van der Waals surface area contributed by atoms with Gasteiger partial charge in [-0.3, -0.25) is 0 Å². The van der Waals surface area contributed by atoms with Crippen molar-refractivity contribution in [1.82, 2.24) is 0 Å². The lowest BCUT2D eigenvalue weighted by atomic mass is 9.36. The molecular weight excluding hydrogens is 509 g/mol. The molecular formula is C34H32BNOSSi. The van der Waals surface area contributed by atoms with Crippen LogP contribution in [-0.2, 0) is 0 Å². The van der Waals surface area contributed by atoms with E-state index in [1.165, 1.54) is 51.6 Å². The Morgan fingerprint density at radius 1 is 0.795 bits per heavy atom. The number of rotatable bonds is 3. The Labute approximate surface area is 237 Å². The maximum Gasteiger partial charge on any atom is 0.243 e. The molecule has 192 valence electrons. The topological polar surface area (TPSA) is 12.5 Å². The van der Waals surface area contributed by atoms with E-state index in [9.17, 15) is 0 Å². The molecule has 4 aliphatic rings. The second kappa shape index (κ2) is 8.94. The van der Waals surface area contributed by atoms with Crippen molar-refractivity contribution < 1.29 is 4.74 Å². The van der Waals surface area contributed by atoms with Crippen molar-refractivity contribution in [3.63, 3.8) is 0 Å². The lowest BCUT2D eigenvalue weighted by Gasteiger charge is -2.44. The zero-order valence-corrected chi connectivity index (χ0v) is 24.5. The molecule has 3 aliphatic heterocycles. The first kappa shape index (κ1) is 23.7. The summed E-state index contributed by atoms with van der Waals surface area (Å²) in [7, 11) is -1.79. The van der Waals surface area contributed by atoms with Gasteiger partial charge in [-0.1, -0.05) is 119 Å². The SMILES string of the molecule is CC[Si]1(CC)c2ccccc2B2c3ccc(N4C5=C(CCCC5)Oc5ccccc54)cc3Sc3cccc1c32. The number of para-hydroxylation sites is 2. The van der Waals surface area contributed by atoms with Gasteiger partial charge in [0.2, 0.25) is 6.71 Å². The second-order valence-electron chi connectivity index (χ2n) is 11.3. The molecule has 0 saturated heterocycles. The Balaban J connectivity index is 1.32. The van der Waals surface area contributed by atoms with Gasteiger partial charge < -0.3 is 9.64 Å². The van der Waals surface area contributed by atoms with Crippen molar-refractivity contribution in [2.45, 2.75) is 61.4 Å². The molecule has 3 heterocycles. The van der Waals surface area contributed by atoms with E-state index in [1.807, 2.05) is 11.8 Å². The van der Waals surface area contributed by atoms with Crippen molar-refractivity contribution in [3.05, 3.63) is 96.4 Å². The Morgan fingerprint density at radius 3 is 2.49 bits per heavy atom. The predicted octanol–water partition coefficient (Wildman–Crippen LogP) is 5.90. The highest BCUT2D eigenvalue weighted by Crippen LogP contribution is 2.47. The van der Waals surface area contributed by atoms with E-state index in [0.717, 1.165) is 30.0 Å². The highest BCUT2D eigenvalue weighted by molar-refractivity contribution is 8.00. The maximum atomic E-state index is 6.42. The number of benzene rings is 4. The molecule has 4 aromatic rings. The minimum atomic E-state index is -1.79. The molecule has 0 spiro atoms. The number of hydrogen-bond donors (Lipinski definition) is 0. The van der Waals surface area contributed by atoms with E-state index in [2.05, 4.69) is 104 Å². The van der Waals surface area contributed by atoms with Crippen LogP contribution in [0.5, 0.6) is 5.75 Å². The standard InChI is InChI=1S/C34H32BNOSSi/c1-3-39(4-2)32-18-10-5-12-25(32)35-24-21-20-23(22-31(24)38-30-17-11-19-33(39)34(30)35)36-26-13-6-8-15-28(26)37-29-16-9-7-14-27(29)36/h5-6,8,10-13,15,17-22H,3-4,7,9,14,16H2,1-2H3. The van der Waals surface area contributed by atoms with Crippen LogP contribution in [0.4, 0.5) is 11.4 Å². The summed E-state index contributed by atoms with van der Waals surface area (Å²) in [4.78, 5) is 5.33. The third-order valence-electron chi connectivity index (χ3n) is 9.65. The maximum absolute atomic E-state index is 6.42. The van der Waals surface area contributed by atoms with Gasteiger partial charge in [0.15, 0.2) is 5.75 Å². The van der Waals surface area contributed by atoms with E-state index >= 15 is 0 Å². The molecule has 0 saturated carbocycles. The van der Waals surface area contributed by atoms with E-state index in [1.54, 1.807) is 21.3 Å². The molecule has 0 atom stereocenters. The average Bonchev–Trinajstić information content (AvgIpc) is 2.99. The van der Waals surface area contributed by atoms with Gasteiger partial charge in [-0.2, -0.15) is 0 Å². The summed E-state index contributed by atoms with van der Waals surface area (Å²) in [5.41, 5.74) is 8.37. The van der Waals surface area contributed by atoms with Crippen LogP contribution in [0.1, 0.15) is 39.5 Å². The highest BCUT2D eigenvalue weighted by atomic mass is 32.2. The highest BCUT2D eigenvalue weighted by Gasteiger charge is 2.47. The van der Waals surface area contributed by atoms with Gasteiger partial charge in [-0.25, -0.2) is 0 Å². The third-order valence-corrected chi connectivity index (χ3v) is 16.2. The Bertz CT molecular complexity index is 1680. The molecule has 39 heavy (non-hydrogen) atoms. The third kappa shape index (κ3) is 3.29. The van der Waals surface area contributed by atoms with Crippen LogP contribution >= 0.6 is 11.8 Å². The van der Waals surface area contributed by atoms with Gasteiger partial charge in [0.1, 0.15) is 13.8 Å². The van der Waals surface area contributed by atoms with Crippen molar-refractivity contribution in [2.24, 2.45) is 0 Å². The number of nitrogens with zero attached hydrogens (tertiary/aromatic N) is 1. The number of ether oxygens (including phenoxy) is 1. The van der Waals surface area contributed by atoms with Crippen LogP contribution < -0.4 is 36.4 Å². The minimum Gasteiger partial charge on any atom is -0.458 e. The van der Waals surface area contributed by atoms with Crippen LogP contribution in [0.3, 0.4) is 0 Å². The molecule has 0 N–H and O–H groups in total. The molecule has 0 unspecified atom stereocenters. The van der Waals surface area contributed by atoms with Gasteiger partial charge in [-0.15, -0.1) is 0 Å². The van der Waals surface area contributed by atoms with Gasteiger partial charge >= 0.3 is 0 Å². The first-order valence-electron chi connectivity index (χ1n) is 14.6. The Kier molecular flexibility index (Phi) is 5.43. The zero-order chi connectivity index (χ0) is 26.1. The number of anilines is 2. The molecule has 5 heteroatoms. The number of hydrogen-bond acceptors (Lipinski definition) is 3. The van der Waals surface area contributed by atoms with E-state index in [4.69, 9.17) is 4.74 Å². The largest absolute Gasteiger partial charge is 0.458 e. The van der Waals surface area contributed by atoms with Crippen LogP contribution in [-0.4, -0.2) is 14.8 Å². The molecule has 0 bridgehead atoms. The summed E-state index contributed by atoms with van der Waals surface area (Å²) in [5.74, 6) is 2.13. The lowest BCUT2D eigenvalue weighted by molar-refractivity contribution is 0.363. The van der Waals surface area contributed by atoms with Crippen molar-refractivity contribution in [1.29, 1.82) is 0 Å². The predicted molar refractivity (Wildman–Crippen MR) is 169 cm³/mol. The summed E-state index contributed by atoms with van der Waals surface area (Å²) >= 11 is 1.98. The Hall–Kier alpha value is -3.15. The smallest absolute Gasteiger partial charge is 0.243 e. The fraction of sp³-hybridized carbons (Fsp3) is 0.235. The van der Waals surface area contributed by atoms with Crippen molar-refractivity contribution in [2.75, 3.05) is 4.90 Å². The molecule has 4 aromatic carbocycles. The number of fused-ring (bicyclic) bond motifs is 5. The molecule has 0 amide bonds. The zero-order valence-electron chi connectivity index (χ0n) is 22.7. The van der Waals surface area contributed by atoms with Crippen molar-refractivity contribution in [3.8, 4) is 5.75 Å². The summed E-state index contributed by atoms with van der Waals surface area (Å²) in [6, 6.07) is 34.9. The molecule has 1 aliphatic carbocycles. The van der Waals surface area contributed by atoms with Crippen LogP contribution in [0.25, 0.3) is 0 Å². The van der Waals surface area contributed by atoms with E-state index < -0.39 is 8.07 Å². The minimum absolute atomic E-state index is 0.317. The van der Waals surface area contributed by atoms with Gasteiger partial charge in [0, 0.05) is 21.9 Å². The molecule has 2 nitrogen and oxygen atoms in total. The van der Waals surface area contributed by atoms with Crippen LogP contribution in [0, 0.1) is 0 Å². The summed E-state index contributed by atoms with van der Waals surface area (Å²) < 4.78 is 6.42. The first-order valence-corrected chi connectivity index (χ1v) is 17.8. The Morgan fingerprint density at radius 2 is 1.59 bits per heavy atom. The fourth-order valence-electron chi connectivity index (χ4n) is 7.78. The second-order valence-corrected chi connectivity index (χ2v) is 17.1. The lowest BCUT2D eigenvalue weighted by Crippen LogP contribution is -2.79. The molecule has 0 aromatic heterocycles. The first-order chi connectivity index (χ1) is 19.2. The van der Waals surface area contributed by atoms with E-state index in [0.29, 0.717) is 6.71 Å². The number of allylic oxidation sites excluding steroid dienone is 2.